The van der Waals surface area contributed by atoms with Crippen LogP contribution in [0.5, 0.6) is 0 Å². The SMILES string of the molecule is CCC1(c2ccccc2)NC(=O)N(NC(=O)CSc2ccc(Cl)cc2)C1=O. The number of nitrogens with zero attached hydrogens (tertiary/aromatic N) is 1. The highest BCUT2D eigenvalue weighted by molar-refractivity contribution is 8.00. The molecule has 0 aromatic heterocycles. The second-order valence-electron chi connectivity index (χ2n) is 5.97. The lowest BCUT2D eigenvalue weighted by atomic mass is 9.87. The highest BCUT2D eigenvalue weighted by Gasteiger charge is 2.52. The first-order valence-corrected chi connectivity index (χ1v) is 9.72. The summed E-state index contributed by atoms with van der Waals surface area (Å²) in [5.74, 6) is -0.882. The Morgan fingerprint density at radius 1 is 1.15 bits per heavy atom. The number of halogens is 1. The molecule has 0 radical (unpaired) electrons. The molecule has 1 fully saturated rings. The van der Waals surface area contributed by atoms with Crippen molar-refractivity contribution in [3.8, 4) is 0 Å². The molecule has 0 spiro atoms. The Hall–Kier alpha value is -2.51. The number of hydrogen-bond donors (Lipinski definition) is 2. The maximum Gasteiger partial charge on any atom is 0.344 e. The Bertz CT molecular complexity index is 860. The minimum Gasteiger partial charge on any atom is -0.318 e. The van der Waals surface area contributed by atoms with Crippen LogP contribution in [0.4, 0.5) is 4.79 Å². The molecule has 140 valence electrons. The minimum absolute atomic E-state index is 0.0587. The van der Waals surface area contributed by atoms with Crippen molar-refractivity contribution in [2.45, 2.75) is 23.8 Å². The van der Waals surface area contributed by atoms with Gasteiger partial charge >= 0.3 is 6.03 Å². The number of hydrogen-bond acceptors (Lipinski definition) is 4. The molecular weight excluding hydrogens is 386 g/mol. The van der Waals surface area contributed by atoms with Crippen LogP contribution in [0.1, 0.15) is 18.9 Å². The fourth-order valence-corrected chi connectivity index (χ4v) is 3.69. The first-order chi connectivity index (χ1) is 13.0. The van der Waals surface area contributed by atoms with E-state index in [1.54, 1.807) is 48.5 Å². The second kappa shape index (κ2) is 8.02. The first kappa shape index (κ1) is 19.3. The van der Waals surface area contributed by atoms with Crippen LogP contribution in [-0.2, 0) is 15.1 Å². The standard InChI is InChI=1S/C19H18ClN3O3S/c1-2-19(13-6-4-3-5-7-13)17(25)23(18(26)21-19)22-16(24)12-27-15-10-8-14(20)9-11-15/h3-11H,2,12H2,1H3,(H,21,26)(H,22,24). The zero-order chi connectivity index (χ0) is 19.4. The van der Waals surface area contributed by atoms with Crippen molar-refractivity contribution in [1.82, 2.24) is 15.8 Å². The Morgan fingerprint density at radius 2 is 1.81 bits per heavy atom. The normalized spacial score (nSPS) is 19.1. The van der Waals surface area contributed by atoms with Gasteiger partial charge in [-0.15, -0.1) is 11.8 Å². The fourth-order valence-electron chi connectivity index (χ4n) is 2.88. The van der Waals surface area contributed by atoms with Crippen LogP contribution in [0.2, 0.25) is 5.02 Å². The summed E-state index contributed by atoms with van der Waals surface area (Å²) >= 11 is 7.12. The molecule has 6 nitrogen and oxygen atoms in total. The monoisotopic (exact) mass is 403 g/mol. The summed E-state index contributed by atoms with van der Waals surface area (Å²) < 4.78 is 0. The van der Waals surface area contributed by atoms with Crippen molar-refractivity contribution in [3.05, 3.63) is 65.2 Å². The van der Waals surface area contributed by atoms with Gasteiger partial charge < -0.3 is 5.32 Å². The molecule has 3 rings (SSSR count). The van der Waals surface area contributed by atoms with Gasteiger partial charge in [0.05, 0.1) is 5.75 Å². The van der Waals surface area contributed by atoms with Crippen molar-refractivity contribution < 1.29 is 14.4 Å². The van der Waals surface area contributed by atoms with Gasteiger partial charge in [-0.1, -0.05) is 48.9 Å². The summed E-state index contributed by atoms with van der Waals surface area (Å²) in [7, 11) is 0. The van der Waals surface area contributed by atoms with Gasteiger partial charge in [-0.3, -0.25) is 15.0 Å². The highest BCUT2D eigenvalue weighted by Crippen LogP contribution is 2.31. The number of carbonyl (C=O) groups is 3. The van der Waals surface area contributed by atoms with Crippen LogP contribution in [0.3, 0.4) is 0 Å². The van der Waals surface area contributed by atoms with Gasteiger partial charge in [-0.05, 0) is 36.2 Å². The average Bonchev–Trinajstić information content (AvgIpc) is 2.93. The van der Waals surface area contributed by atoms with Gasteiger partial charge in [-0.25, -0.2) is 4.79 Å². The summed E-state index contributed by atoms with van der Waals surface area (Å²) in [6.07, 6.45) is 0.369. The molecule has 1 heterocycles. The van der Waals surface area contributed by atoms with E-state index in [9.17, 15) is 14.4 Å². The Kier molecular flexibility index (Phi) is 5.72. The van der Waals surface area contributed by atoms with E-state index >= 15 is 0 Å². The number of rotatable bonds is 6. The Labute approximate surface area is 166 Å². The third-order valence-electron chi connectivity index (χ3n) is 4.31. The summed E-state index contributed by atoms with van der Waals surface area (Å²) in [6.45, 7) is 1.81. The quantitative estimate of drug-likeness (QED) is 0.573. The van der Waals surface area contributed by atoms with Crippen molar-refractivity contribution in [2.24, 2.45) is 0 Å². The van der Waals surface area contributed by atoms with E-state index in [4.69, 9.17) is 11.6 Å². The molecule has 1 aliphatic heterocycles. The molecule has 2 N–H and O–H groups in total. The van der Waals surface area contributed by atoms with E-state index in [0.717, 1.165) is 9.90 Å². The smallest absolute Gasteiger partial charge is 0.318 e. The van der Waals surface area contributed by atoms with Crippen LogP contribution in [0.15, 0.2) is 59.5 Å². The van der Waals surface area contributed by atoms with E-state index in [2.05, 4.69) is 10.7 Å². The molecule has 1 atom stereocenters. The average molecular weight is 404 g/mol. The molecule has 4 amide bonds. The molecule has 1 aliphatic rings. The highest BCUT2D eigenvalue weighted by atomic mass is 35.5. The lowest BCUT2D eigenvalue weighted by Gasteiger charge is -2.25. The Balaban J connectivity index is 1.68. The van der Waals surface area contributed by atoms with E-state index < -0.39 is 23.4 Å². The summed E-state index contributed by atoms with van der Waals surface area (Å²) in [5.41, 5.74) is 1.91. The number of thioether (sulfide) groups is 1. The summed E-state index contributed by atoms with van der Waals surface area (Å²) in [5, 5.41) is 4.10. The molecule has 2 aromatic carbocycles. The van der Waals surface area contributed by atoms with Gasteiger partial charge in [0.1, 0.15) is 5.54 Å². The van der Waals surface area contributed by atoms with E-state index in [1.165, 1.54) is 11.8 Å². The number of carbonyl (C=O) groups excluding carboxylic acids is 3. The number of imide groups is 1. The minimum atomic E-state index is -1.17. The van der Waals surface area contributed by atoms with Gasteiger partial charge in [0.25, 0.3) is 5.91 Å². The fraction of sp³-hybridized carbons (Fsp3) is 0.211. The third kappa shape index (κ3) is 3.94. The molecule has 0 saturated carbocycles. The molecule has 0 aliphatic carbocycles. The predicted molar refractivity (Wildman–Crippen MR) is 104 cm³/mol. The molecule has 1 saturated heterocycles. The largest absolute Gasteiger partial charge is 0.344 e. The maximum atomic E-state index is 12.9. The van der Waals surface area contributed by atoms with Crippen LogP contribution >= 0.6 is 23.4 Å². The molecule has 8 heteroatoms. The van der Waals surface area contributed by atoms with Crippen molar-refractivity contribution in [2.75, 3.05) is 5.75 Å². The van der Waals surface area contributed by atoms with Gasteiger partial charge in [0, 0.05) is 9.92 Å². The lowest BCUT2D eigenvalue weighted by molar-refractivity contribution is -0.138. The maximum absolute atomic E-state index is 12.9. The van der Waals surface area contributed by atoms with Crippen molar-refractivity contribution in [3.63, 3.8) is 0 Å². The lowest BCUT2D eigenvalue weighted by Crippen LogP contribution is -2.49. The first-order valence-electron chi connectivity index (χ1n) is 8.36. The molecular formula is C19H18ClN3O3S. The van der Waals surface area contributed by atoms with Gasteiger partial charge in [0.15, 0.2) is 0 Å². The van der Waals surface area contributed by atoms with Gasteiger partial charge in [0.2, 0.25) is 5.91 Å². The summed E-state index contributed by atoms with van der Waals surface area (Å²) in [4.78, 5) is 38.4. The van der Waals surface area contributed by atoms with E-state index in [0.29, 0.717) is 17.0 Å². The number of amides is 4. The molecule has 0 bridgehead atoms. The predicted octanol–water partition coefficient (Wildman–Crippen LogP) is 3.32. The number of nitrogens with one attached hydrogen (secondary N) is 2. The second-order valence-corrected chi connectivity index (χ2v) is 7.46. The zero-order valence-corrected chi connectivity index (χ0v) is 16.1. The summed E-state index contributed by atoms with van der Waals surface area (Å²) in [6, 6.07) is 15.4. The number of benzene rings is 2. The van der Waals surface area contributed by atoms with Crippen LogP contribution < -0.4 is 10.7 Å². The topological polar surface area (TPSA) is 78.5 Å². The molecule has 1 unspecified atom stereocenters. The number of urea groups is 1. The van der Waals surface area contributed by atoms with Gasteiger partial charge in [-0.2, -0.15) is 5.01 Å². The molecule has 27 heavy (non-hydrogen) atoms. The zero-order valence-electron chi connectivity index (χ0n) is 14.6. The van der Waals surface area contributed by atoms with E-state index in [1.807, 2.05) is 13.0 Å². The number of hydrazine groups is 1. The Morgan fingerprint density at radius 3 is 2.44 bits per heavy atom. The molecule has 2 aromatic rings. The van der Waals surface area contributed by atoms with Crippen molar-refractivity contribution >= 4 is 41.2 Å². The van der Waals surface area contributed by atoms with Crippen LogP contribution in [-0.4, -0.2) is 28.6 Å². The van der Waals surface area contributed by atoms with Crippen LogP contribution in [0.25, 0.3) is 0 Å². The van der Waals surface area contributed by atoms with Crippen molar-refractivity contribution in [1.29, 1.82) is 0 Å². The van der Waals surface area contributed by atoms with E-state index in [-0.39, 0.29) is 5.75 Å². The third-order valence-corrected chi connectivity index (χ3v) is 5.57. The van der Waals surface area contributed by atoms with Crippen LogP contribution in [0, 0.1) is 0 Å².